The van der Waals surface area contributed by atoms with Crippen LogP contribution in [0.15, 0.2) is 22.9 Å². The third-order valence-electron chi connectivity index (χ3n) is 3.12. The number of hydrogen-bond donors (Lipinski definition) is 2. The number of nitrogens with one attached hydrogen (secondary N) is 1. The summed E-state index contributed by atoms with van der Waals surface area (Å²) < 4.78 is 17.9. The lowest BCUT2D eigenvalue weighted by Crippen LogP contribution is -2.41. The molecule has 0 radical (unpaired) electrons. The third-order valence-corrected chi connectivity index (χ3v) is 3.12. The van der Waals surface area contributed by atoms with Crippen LogP contribution in [0.1, 0.15) is 34.1 Å². The van der Waals surface area contributed by atoms with Gasteiger partial charge in [0.2, 0.25) is 0 Å². The van der Waals surface area contributed by atoms with Gasteiger partial charge in [-0.3, -0.25) is 0 Å². The highest BCUT2D eigenvalue weighted by Crippen LogP contribution is 2.18. The molecule has 0 fully saturated rings. The van der Waals surface area contributed by atoms with E-state index in [4.69, 9.17) is 15.9 Å². The molecule has 0 spiro atoms. The Bertz CT molecular complexity index is 490. The molecule has 0 saturated carbocycles. The van der Waals surface area contributed by atoms with Crippen LogP contribution in [-0.4, -0.2) is 42.1 Å². The van der Waals surface area contributed by atoms with Crippen molar-refractivity contribution >= 4 is 11.8 Å². The Labute approximate surface area is 125 Å². The highest BCUT2D eigenvalue weighted by atomic mass is 19.1. The van der Waals surface area contributed by atoms with E-state index in [2.05, 4.69) is 0 Å². The lowest BCUT2D eigenvalue weighted by atomic mass is 9.98. The Balaban J connectivity index is 2.79. The van der Waals surface area contributed by atoms with Gasteiger partial charge < -0.3 is 20.8 Å². The zero-order valence-electron chi connectivity index (χ0n) is 13.1. The standard InChI is InChI=1S/C15H24FN3O2/c1-10(12(17)8-16)13(18)11-6-5-7-19(9-11)14(20)21-15(2,3)4/h6,18H,5,7-9,17H2,1-4H3/b12-10-,18-13?. The number of allylic oxidation sites excluding steroid dienone is 2. The van der Waals surface area contributed by atoms with Crippen LogP contribution in [0.25, 0.3) is 0 Å². The number of amides is 1. The Morgan fingerprint density at radius 3 is 2.67 bits per heavy atom. The number of nitrogens with two attached hydrogens (primary N) is 1. The lowest BCUT2D eigenvalue weighted by molar-refractivity contribution is 0.0265. The van der Waals surface area contributed by atoms with Crippen molar-refractivity contribution in [2.24, 2.45) is 5.73 Å². The molecule has 21 heavy (non-hydrogen) atoms. The van der Waals surface area contributed by atoms with Gasteiger partial charge in [0.15, 0.2) is 0 Å². The zero-order chi connectivity index (χ0) is 16.2. The second kappa shape index (κ2) is 6.74. The number of carbonyl (C=O) groups excluding carboxylic acids is 1. The summed E-state index contributed by atoms with van der Waals surface area (Å²) in [5.41, 5.74) is 6.29. The summed E-state index contributed by atoms with van der Waals surface area (Å²) in [7, 11) is 0. The van der Waals surface area contributed by atoms with Crippen molar-refractivity contribution in [1.29, 1.82) is 5.41 Å². The molecular formula is C15H24FN3O2. The van der Waals surface area contributed by atoms with Crippen LogP contribution in [0.2, 0.25) is 0 Å². The predicted octanol–water partition coefficient (Wildman–Crippen LogP) is 2.78. The number of carbonyl (C=O) groups is 1. The van der Waals surface area contributed by atoms with Gasteiger partial charge in [0.25, 0.3) is 0 Å². The van der Waals surface area contributed by atoms with Gasteiger partial charge in [-0.15, -0.1) is 0 Å². The van der Waals surface area contributed by atoms with Crippen molar-refractivity contribution in [3.8, 4) is 0 Å². The van der Waals surface area contributed by atoms with Gasteiger partial charge in [0.05, 0.1) is 12.3 Å². The second-order valence-electron chi connectivity index (χ2n) is 6.08. The fraction of sp³-hybridized carbons (Fsp3) is 0.600. The number of rotatable bonds is 3. The first-order valence-electron chi connectivity index (χ1n) is 6.93. The fourth-order valence-corrected chi connectivity index (χ4v) is 1.91. The highest BCUT2D eigenvalue weighted by molar-refractivity contribution is 6.10. The molecule has 1 aliphatic heterocycles. The van der Waals surface area contributed by atoms with Crippen LogP contribution >= 0.6 is 0 Å². The Hall–Kier alpha value is -1.85. The van der Waals surface area contributed by atoms with Crippen LogP contribution < -0.4 is 5.73 Å². The quantitative estimate of drug-likeness (QED) is 0.786. The maximum Gasteiger partial charge on any atom is 0.410 e. The van der Waals surface area contributed by atoms with Crippen LogP contribution in [0.4, 0.5) is 9.18 Å². The van der Waals surface area contributed by atoms with E-state index in [-0.39, 0.29) is 18.0 Å². The molecule has 6 heteroatoms. The van der Waals surface area contributed by atoms with Gasteiger partial charge in [0, 0.05) is 12.2 Å². The number of nitrogens with zero attached hydrogens (tertiary/aromatic N) is 1. The lowest BCUT2D eigenvalue weighted by Gasteiger charge is -2.30. The number of halogens is 1. The van der Waals surface area contributed by atoms with Crippen LogP contribution in [0.5, 0.6) is 0 Å². The molecule has 0 unspecified atom stereocenters. The van der Waals surface area contributed by atoms with Crippen molar-refractivity contribution < 1.29 is 13.9 Å². The first kappa shape index (κ1) is 17.2. The highest BCUT2D eigenvalue weighted by Gasteiger charge is 2.25. The van der Waals surface area contributed by atoms with Gasteiger partial charge in [-0.1, -0.05) is 6.08 Å². The molecule has 3 N–H and O–H groups in total. The molecule has 0 aromatic heterocycles. The second-order valence-corrected chi connectivity index (χ2v) is 6.08. The number of alkyl halides is 1. The van der Waals surface area contributed by atoms with E-state index in [1.807, 2.05) is 26.8 Å². The molecule has 1 heterocycles. The van der Waals surface area contributed by atoms with Crippen molar-refractivity contribution in [2.75, 3.05) is 19.8 Å². The maximum atomic E-state index is 12.6. The SMILES string of the molecule is C/C(C(=N)C1=CCCN(C(=O)OC(C)(C)C)C1)=C(/N)CF. The molecule has 1 aliphatic rings. The minimum absolute atomic E-state index is 0.0512. The molecule has 0 aromatic rings. The normalized spacial score (nSPS) is 17.0. The first-order valence-corrected chi connectivity index (χ1v) is 6.93. The molecule has 1 amide bonds. The zero-order valence-corrected chi connectivity index (χ0v) is 13.1. The van der Waals surface area contributed by atoms with E-state index in [0.29, 0.717) is 24.1 Å². The molecule has 5 nitrogen and oxygen atoms in total. The minimum Gasteiger partial charge on any atom is -0.444 e. The molecular weight excluding hydrogens is 273 g/mol. The largest absolute Gasteiger partial charge is 0.444 e. The molecule has 0 bridgehead atoms. The summed E-state index contributed by atoms with van der Waals surface area (Å²) in [5.74, 6) is 0. The van der Waals surface area contributed by atoms with E-state index in [9.17, 15) is 9.18 Å². The molecule has 118 valence electrons. The number of hydrogen-bond acceptors (Lipinski definition) is 4. The van der Waals surface area contributed by atoms with Crippen LogP contribution in [-0.2, 0) is 4.74 Å². The Kier molecular flexibility index (Phi) is 5.52. The summed E-state index contributed by atoms with van der Waals surface area (Å²) >= 11 is 0. The molecule has 0 atom stereocenters. The summed E-state index contributed by atoms with van der Waals surface area (Å²) in [6, 6.07) is 0. The topological polar surface area (TPSA) is 79.4 Å². The van der Waals surface area contributed by atoms with Gasteiger partial charge >= 0.3 is 6.09 Å². The van der Waals surface area contributed by atoms with Crippen LogP contribution in [0, 0.1) is 5.41 Å². The van der Waals surface area contributed by atoms with E-state index < -0.39 is 18.4 Å². The molecule has 0 aromatic carbocycles. The number of ether oxygens (including phenoxy) is 1. The smallest absolute Gasteiger partial charge is 0.410 e. The van der Waals surface area contributed by atoms with E-state index in [0.717, 1.165) is 0 Å². The van der Waals surface area contributed by atoms with E-state index >= 15 is 0 Å². The predicted molar refractivity (Wildman–Crippen MR) is 81.1 cm³/mol. The van der Waals surface area contributed by atoms with Gasteiger partial charge in [-0.05, 0) is 45.3 Å². The van der Waals surface area contributed by atoms with E-state index in [1.54, 1.807) is 11.8 Å². The van der Waals surface area contributed by atoms with Crippen molar-refractivity contribution in [2.45, 2.75) is 39.7 Å². The Morgan fingerprint density at radius 1 is 1.52 bits per heavy atom. The van der Waals surface area contributed by atoms with Gasteiger partial charge in [-0.2, -0.15) is 0 Å². The summed E-state index contributed by atoms with van der Waals surface area (Å²) in [6.07, 6.45) is 2.12. The third kappa shape index (κ3) is 4.88. The maximum absolute atomic E-state index is 12.6. The molecule has 0 saturated heterocycles. The molecule has 0 aliphatic carbocycles. The van der Waals surface area contributed by atoms with E-state index in [1.165, 1.54) is 0 Å². The van der Waals surface area contributed by atoms with Crippen LogP contribution in [0.3, 0.4) is 0 Å². The van der Waals surface area contributed by atoms with Crippen molar-refractivity contribution in [1.82, 2.24) is 4.90 Å². The average Bonchev–Trinajstić information content (AvgIpc) is 2.43. The average molecular weight is 297 g/mol. The summed E-state index contributed by atoms with van der Waals surface area (Å²) in [6.45, 7) is 7.09. The minimum atomic E-state index is -0.780. The monoisotopic (exact) mass is 297 g/mol. The molecule has 1 rings (SSSR count). The van der Waals surface area contributed by atoms with Crippen molar-refractivity contribution in [3.05, 3.63) is 22.9 Å². The summed E-state index contributed by atoms with van der Waals surface area (Å²) in [4.78, 5) is 13.6. The van der Waals surface area contributed by atoms with Gasteiger partial charge in [-0.25, -0.2) is 9.18 Å². The first-order chi connectivity index (χ1) is 9.65. The van der Waals surface area contributed by atoms with Crippen molar-refractivity contribution in [3.63, 3.8) is 0 Å². The fourth-order valence-electron chi connectivity index (χ4n) is 1.91. The Morgan fingerprint density at radius 2 is 2.14 bits per heavy atom. The summed E-state index contributed by atoms with van der Waals surface area (Å²) in [5, 5.41) is 8.08. The van der Waals surface area contributed by atoms with Gasteiger partial charge in [0.1, 0.15) is 12.3 Å².